The van der Waals surface area contributed by atoms with E-state index in [1.807, 2.05) is 45.0 Å². The quantitative estimate of drug-likeness (QED) is 0.797. The molecule has 1 aromatic heterocycles. The van der Waals surface area contributed by atoms with E-state index in [1.165, 1.54) is 0 Å². The first kappa shape index (κ1) is 14.5. The molecule has 0 fully saturated rings. The van der Waals surface area contributed by atoms with Crippen LogP contribution in [0.5, 0.6) is 0 Å². The summed E-state index contributed by atoms with van der Waals surface area (Å²) in [6, 6.07) is 7.69. The Balaban J connectivity index is 2.71. The number of halogens is 2. The Kier molecular flexibility index (Phi) is 3.97. The number of benzene rings is 1. The van der Waals surface area contributed by atoms with Gasteiger partial charge in [0.1, 0.15) is 10.3 Å². The van der Waals surface area contributed by atoms with E-state index in [1.54, 1.807) is 0 Å². The van der Waals surface area contributed by atoms with Crippen LogP contribution < -0.4 is 5.56 Å². The predicted octanol–water partition coefficient (Wildman–Crippen LogP) is 4.26. The summed E-state index contributed by atoms with van der Waals surface area (Å²) >= 11 is 6.80. The summed E-state index contributed by atoms with van der Waals surface area (Å²) in [5, 5.41) is 0. The predicted molar refractivity (Wildman–Crippen MR) is 84.4 cm³/mol. The van der Waals surface area contributed by atoms with Gasteiger partial charge in [0, 0.05) is 15.5 Å². The van der Waals surface area contributed by atoms with Crippen LogP contribution >= 0.6 is 31.9 Å². The lowest BCUT2D eigenvalue weighted by Gasteiger charge is -2.19. The van der Waals surface area contributed by atoms with Crippen molar-refractivity contribution >= 4 is 31.9 Å². The summed E-state index contributed by atoms with van der Waals surface area (Å²) in [5.74, 6) is 0.575. The van der Waals surface area contributed by atoms with E-state index in [0.29, 0.717) is 10.3 Å². The molecule has 0 spiro atoms. The third kappa shape index (κ3) is 2.98. The second kappa shape index (κ2) is 5.21. The maximum Gasteiger partial charge on any atom is 0.265 e. The maximum atomic E-state index is 12.0. The Morgan fingerprint density at radius 1 is 1.16 bits per heavy atom. The maximum absolute atomic E-state index is 12.0. The molecule has 5 heteroatoms. The Morgan fingerprint density at radius 2 is 1.79 bits per heavy atom. The number of H-pyrrole nitrogens is 1. The summed E-state index contributed by atoms with van der Waals surface area (Å²) in [6.45, 7) is 6.09. The zero-order valence-electron chi connectivity index (χ0n) is 10.9. The van der Waals surface area contributed by atoms with Gasteiger partial charge in [-0.2, -0.15) is 0 Å². The number of nitrogens with zero attached hydrogens (tertiary/aromatic N) is 1. The first-order valence-electron chi connectivity index (χ1n) is 5.86. The van der Waals surface area contributed by atoms with Crippen LogP contribution in [0.2, 0.25) is 0 Å². The molecule has 0 saturated heterocycles. The van der Waals surface area contributed by atoms with E-state index < -0.39 is 0 Å². The Morgan fingerprint density at radius 3 is 2.37 bits per heavy atom. The third-order valence-electron chi connectivity index (χ3n) is 2.70. The molecule has 100 valence electrons. The largest absolute Gasteiger partial charge is 0.306 e. The highest BCUT2D eigenvalue weighted by Gasteiger charge is 2.22. The molecule has 0 aliphatic carbocycles. The van der Waals surface area contributed by atoms with Crippen molar-refractivity contribution in [2.45, 2.75) is 26.2 Å². The van der Waals surface area contributed by atoms with Crippen LogP contribution in [0.4, 0.5) is 0 Å². The van der Waals surface area contributed by atoms with Crippen molar-refractivity contribution < 1.29 is 0 Å². The lowest BCUT2D eigenvalue weighted by atomic mass is 9.92. The fourth-order valence-corrected chi connectivity index (χ4v) is 2.99. The van der Waals surface area contributed by atoms with Gasteiger partial charge in [0.15, 0.2) is 0 Å². The second-order valence-corrected chi connectivity index (χ2v) is 6.95. The summed E-state index contributed by atoms with van der Waals surface area (Å²) in [4.78, 5) is 19.4. The van der Waals surface area contributed by atoms with Gasteiger partial charge in [-0.1, -0.05) is 54.9 Å². The molecule has 2 rings (SSSR count). The van der Waals surface area contributed by atoms with Crippen molar-refractivity contribution in [2.75, 3.05) is 0 Å². The van der Waals surface area contributed by atoms with Crippen LogP contribution in [0.1, 0.15) is 26.5 Å². The van der Waals surface area contributed by atoms with Crippen LogP contribution in [0.25, 0.3) is 11.4 Å². The van der Waals surface area contributed by atoms with Gasteiger partial charge in [0.05, 0.1) is 5.69 Å². The van der Waals surface area contributed by atoms with Crippen molar-refractivity contribution in [3.63, 3.8) is 0 Å². The average Bonchev–Trinajstić information content (AvgIpc) is 2.31. The smallest absolute Gasteiger partial charge is 0.265 e. The zero-order valence-corrected chi connectivity index (χ0v) is 14.1. The van der Waals surface area contributed by atoms with Crippen LogP contribution in [-0.2, 0) is 5.41 Å². The van der Waals surface area contributed by atoms with Gasteiger partial charge in [-0.3, -0.25) is 4.79 Å². The van der Waals surface area contributed by atoms with E-state index in [-0.39, 0.29) is 11.0 Å². The van der Waals surface area contributed by atoms with Gasteiger partial charge in [-0.05, 0) is 22.0 Å². The van der Waals surface area contributed by atoms with E-state index in [9.17, 15) is 4.79 Å². The van der Waals surface area contributed by atoms with E-state index >= 15 is 0 Å². The molecule has 3 nitrogen and oxygen atoms in total. The topological polar surface area (TPSA) is 45.8 Å². The highest BCUT2D eigenvalue weighted by Crippen LogP contribution is 2.29. The van der Waals surface area contributed by atoms with Gasteiger partial charge in [-0.15, -0.1) is 0 Å². The van der Waals surface area contributed by atoms with Gasteiger partial charge in [0.2, 0.25) is 0 Å². The molecule has 1 N–H and O–H groups in total. The second-order valence-electron chi connectivity index (χ2n) is 5.31. The van der Waals surface area contributed by atoms with Crippen molar-refractivity contribution in [2.24, 2.45) is 0 Å². The fraction of sp³-hybridized carbons (Fsp3) is 0.286. The molecule has 1 aromatic carbocycles. The minimum atomic E-state index is -0.205. The normalized spacial score (nSPS) is 11.6. The molecule has 0 aliphatic rings. The molecule has 0 radical (unpaired) electrons. The first-order valence-corrected chi connectivity index (χ1v) is 7.44. The van der Waals surface area contributed by atoms with Gasteiger partial charge >= 0.3 is 0 Å². The number of rotatable bonds is 1. The van der Waals surface area contributed by atoms with Crippen LogP contribution in [0.3, 0.4) is 0 Å². The number of nitrogens with one attached hydrogen (secondary N) is 1. The molecule has 2 aromatic rings. The summed E-state index contributed by atoms with van der Waals surface area (Å²) in [7, 11) is 0. The Labute approximate surface area is 128 Å². The molecular formula is C14H14Br2N2O. The molecule has 1 heterocycles. The summed E-state index contributed by atoms with van der Waals surface area (Å²) < 4.78 is 1.40. The minimum Gasteiger partial charge on any atom is -0.306 e. The minimum absolute atomic E-state index is 0.161. The van der Waals surface area contributed by atoms with Gasteiger partial charge in [-0.25, -0.2) is 4.98 Å². The van der Waals surface area contributed by atoms with Crippen molar-refractivity contribution in [3.05, 3.63) is 49.3 Å². The molecule has 0 saturated carbocycles. The Bertz CT molecular complexity index is 672. The summed E-state index contributed by atoms with van der Waals surface area (Å²) in [5.41, 5.74) is 1.26. The number of hydrogen-bond donors (Lipinski definition) is 1. The van der Waals surface area contributed by atoms with Crippen LogP contribution in [-0.4, -0.2) is 9.97 Å². The van der Waals surface area contributed by atoms with Crippen molar-refractivity contribution in [3.8, 4) is 11.4 Å². The van der Waals surface area contributed by atoms with Gasteiger partial charge < -0.3 is 4.98 Å². The molecule has 0 bridgehead atoms. The third-order valence-corrected chi connectivity index (χ3v) is 4.13. The lowest BCUT2D eigenvalue weighted by Crippen LogP contribution is -2.22. The Hall–Kier alpha value is -0.940. The number of hydrogen-bond acceptors (Lipinski definition) is 2. The van der Waals surface area contributed by atoms with E-state index in [4.69, 9.17) is 0 Å². The summed E-state index contributed by atoms with van der Waals surface area (Å²) in [6.07, 6.45) is 0. The molecule has 0 atom stereocenters. The van der Waals surface area contributed by atoms with Crippen LogP contribution in [0.15, 0.2) is 38.0 Å². The van der Waals surface area contributed by atoms with Crippen molar-refractivity contribution in [1.82, 2.24) is 9.97 Å². The standard InChI is InChI=1S/C14H14Br2N2O/c1-14(2,3)11-10(16)13(19)18-12(17-11)8-6-4-5-7-9(8)15/h4-7H,1-3H3,(H,17,18,19). The monoisotopic (exact) mass is 384 g/mol. The molecular weight excluding hydrogens is 372 g/mol. The fourth-order valence-electron chi connectivity index (χ4n) is 1.74. The highest BCUT2D eigenvalue weighted by atomic mass is 79.9. The average molecular weight is 386 g/mol. The lowest BCUT2D eigenvalue weighted by molar-refractivity contribution is 0.562. The highest BCUT2D eigenvalue weighted by molar-refractivity contribution is 9.10. The SMILES string of the molecule is CC(C)(C)c1nc(-c2ccccc2Br)[nH]c(=O)c1Br. The van der Waals surface area contributed by atoms with E-state index in [2.05, 4.69) is 41.8 Å². The molecule has 0 unspecified atom stereocenters. The first-order chi connectivity index (χ1) is 8.80. The molecule has 0 aliphatic heterocycles. The van der Waals surface area contributed by atoms with Gasteiger partial charge in [0.25, 0.3) is 5.56 Å². The van der Waals surface area contributed by atoms with E-state index in [0.717, 1.165) is 15.7 Å². The zero-order chi connectivity index (χ0) is 14.2. The van der Waals surface area contributed by atoms with Crippen molar-refractivity contribution in [1.29, 1.82) is 0 Å². The number of aromatic nitrogens is 2. The molecule has 19 heavy (non-hydrogen) atoms. The number of aromatic amines is 1. The van der Waals surface area contributed by atoms with Crippen LogP contribution in [0, 0.1) is 0 Å². The molecule has 0 amide bonds.